The van der Waals surface area contributed by atoms with Crippen molar-refractivity contribution < 1.29 is 22.7 Å². The Kier molecular flexibility index (Phi) is 5.28. The largest absolute Gasteiger partial charge is 0.454 e. The molecule has 0 bridgehead atoms. The van der Waals surface area contributed by atoms with Gasteiger partial charge in [0.05, 0.1) is 5.56 Å². The summed E-state index contributed by atoms with van der Waals surface area (Å²) in [5.41, 5.74) is 0.144. The highest BCUT2D eigenvalue weighted by atomic mass is 35.5. The molecule has 0 aliphatic heterocycles. The van der Waals surface area contributed by atoms with E-state index in [4.69, 9.17) is 16.3 Å². The summed E-state index contributed by atoms with van der Waals surface area (Å²) >= 11 is 5.72. The van der Waals surface area contributed by atoms with Crippen LogP contribution >= 0.6 is 11.6 Å². The van der Waals surface area contributed by atoms with Crippen LogP contribution in [0.15, 0.2) is 48.5 Å². The summed E-state index contributed by atoms with van der Waals surface area (Å²) in [4.78, 5) is 11.6. The first-order valence-corrected chi connectivity index (χ1v) is 6.96. The van der Waals surface area contributed by atoms with Crippen molar-refractivity contribution in [1.82, 2.24) is 0 Å². The molecule has 0 saturated heterocycles. The Morgan fingerprint density at radius 3 is 2.39 bits per heavy atom. The van der Waals surface area contributed by atoms with Gasteiger partial charge in [-0.15, -0.1) is 0 Å². The monoisotopic (exact) mass is 343 g/mol. The number of carbonyl (C=O) groups is 1. The first-order valence-electron chi connectivity index (χ1n) is 6.58. The second kappa shape index (κ2) is 7.02. The molecule has 0 aromatic heterocycles. The minimum Gasteiger partial charge on any atom is -0.357 e. The Morgan fingerprint density at radius 1 is 1.17 bits per heavy atom. The molecule has 0 heterocycles. The number of carbonyl (C=O) groups excluding carboxylic acids is 1. The normalized spacial score (nSPS) is 12.7. The summed E-state index contributed by atoms with van der Waals surface area (Å²) in [5.74, 6) is -1.97. The number of halogens is 4. The molecule has 0 aliphatic rings. The van der Waals surface area contributed by atoms with Crippen LogP contribution in [0.25, 0.3) is 0 Å². The van der Waals surface area contributed by atoms with Crippen LogP contribution in [-0.4, -0.2) is 19.1 Å². The Bertz CT molecular complexity index is 689. The number of anilines is 1. The second-order valence-electron chi connectivity index (χ2n) is 4.69. The van der Waals surface area contributed by atoms with Crippen molar-refractivity contribution in [1.29, 1.82) is 0 Å². The Labute approximate surface area is 136 Å². The zero-order chi connectivity index (χ0) is 17.0. The fourth-order valence-corrected chi connectivity index (χ4v) is 2.20. The summed E-state index contributed by atoms with van der Waals surface area (Å²) in [6, 6.07) is 12.5. The molecule has 1 unspecified atom stereocenters. The lowest BCUT2D eigenvalue weighted by atomic mass is 10.1. The van der Waals surface area contributed by atoms with Gasteiger partial charge in [-0.05, 0) is 18.2 Å². The number of ether oxygens (including phenoxy) is 1. The third-order valence-electron chi connectivity index (χ3n) is 3.11. The van der Waals surface area contributed by atoms with Gasteiger partial charge in [-0.2, -0.15) is 13.2 Å². The molecule has 0 aliphatic carbocycles. The summed E-state index contributed by atoms with van der Waals surface area (Å²) in [6.07, 6.45) is -5.70. The molecule has 0 amide bonds. The fourth-order valence-electron chi connectivity index (χ4n) is 2.03. The molecular formula is C16H13ClF3NO2. The smallest absolute Gasteiger partial charge is 0.357 e. The Hall–Kier alpha value is -2.05. The number of ketones is 1. The first kappa shape index (κ1) is 17.3. The van der Waals surface area contributed by atoms with E-state index in [1.165, 1.54) is 19.2 Å². The maximum Gasteiger partial charge on any atom is 0.454 e. The van der Waals surface area contributed by atoms with E-state index in [-0.39, 0.29) is 10.7 Å². The van der Waals surface area contributed by atoms with Crippen LogP contribution in [0.5, 0.6) is 0 Å². The molecule has 1 N–H and O–H groups in total. The molecule has 2 aromatic rings. The Balaban J connectivity index is 2.38. The predicted octanol–water partition coefficient (Wildman–Crippen LogP) is 4.84. The van der Waals surface area contributed by atoms with Gasteiger partial charge in [0.25, 0.3) is 5.78 Å². The van der Waals surface area contributed by atoms with E-state index < -0.39 is 23.8 Å². The van der Waals surface area contributed by atoms with Gasteiger partial charge in [-0.1, -0.05) is 41.9 Å². The number of alkyl halides is 3. The first-order chi connectivity index (χ1) is 10.8. The number of benzene rings is 2. The molecule has 3 nitrogen and oxygen atoms in total. The molecule has 0 radical (unpaired) electrons. The number of methoxy groups -OCH3 is 1. The SMILES string of the molecule is COC(Nc1ccc(Cl)cc1C(=O)C(F)(F)F)c1ccccc1. The average Bonchev–Trinajstić information content (AvgIpc) is 2.53. The Morgan fingerprint density at radius 2 is 1.83 bits per heavy atom. The van der Waals surface area contributed by atoms with E-state index >= 15 is 0 Å². The number of Topliss-reactive ketones (excluding diaryl/α,β-unsaturated/α-hetero) is 1. The van der Waals surface area contributed by atoms with E-state index in [9.17, 15) is 18.0 Å². The van der Waals surface area contributed by atoms with Crippen LogP contribution in [0.3, 0.4) is 0 Å². The summed E-state index contributed by atoms with van der Waals surface area (Å²) < 4.78 is 43.5. The quantitative estimate of drug-likeness (QED) is 0.623. The minimum atomic E-state index is -4.99. The standard InChI is InChI=1S/C16H13ClF3NO2/c1-23-15(10-5-3-2-4-6-10)21-13-8-7-11(17)9-12(13)14(22)16(18,19)20/h2-9,15,21H,1H3. The molecule has 1 atom stereocenters. The van der Waals surface area contributed by atoms with Gasteiger partial charge in [0.1, 0.15) is 0 Å². The van der Waals surface area contributed by atoms with Crippen molar-refractivity contribution >= 4 is 23.1 Å². The van der Waals surface area contributed by atoms with Crippen molar-refractivity contribution in [3.05, 3.63) is 64.7 Å². The lowest BCUT2D eigenvalue weighted by molar-refractivity contribution is -0.0884. The third-order valence-corrected chi connectivity index (χ3v) is 3.34. The molecular weight excluding hydrogens is 331 g/mol. The van der Waals surface area contributed by atoms with Crippen LogP contribution in [0.4, 0.5) is 18.9 Å². The van der Waals surface area contributed by atoms with Gasteiger partial charge >= 0.3 is 6.18 Å². The summed E-state index contributed by atoms with van der Waals surface area (Å²) in [6.45, 7) is 0. The summed E-state index contributed by atoms with van der Waals surface area (Å²) in [7, 11) is 1.41. The molecule has 0 saturated carbocycles. The average molecular weight is 344 g/mol. The van der Waals surface area contributed by atoms with Crippen molar-refractivity contribution in [2.45, 2.75) is 12.4 Å². The van der Waals surface area contributed by atoms with E-state index in [2.05, 4.69) is 5.32 Å². The second-order valence-corrected chi connectivity index (χ2v) is 5.12. The summed E-state index contributed by atoms with van der Waals surface area (Å²) in [5, 5.41) is 2.83. The van der Waals surface area contributed by atoms with Gasteiger partial charge in [0.2, 0.25) is 0 Å². The minimum absolute atomic E-state index is 0.00701. The highest BCUT2D eigenvalue weighted by Crippen LogP contribution is 2.31. The van der Waals surface area contributed by atoms with Crippen LogP contribution in [0.1, 0.15) is 22.1 Å². The lowest BCUT2D eigenvalue weighted by Crippen LogP contribution is -2.25. The lowest BCUT2D eigenvalue weighted by Gasteiger charge is -2.21. The van der Waals surface area contributed by atoms with E-state index in [1.54, 1.807) is 30.3 Å². The zero-order valence-corrected chi connectivity index (χ0v) is 12.8. The highest BCUT2D eigenvalue weighted by molar-refractivity contribution is 6.31. The molecule has 23 heavy (non-hydrogen) atoms. The van der Waals surface area contributed by atoms with Crippen LogP contribution in [0.2, 0.25) is 5.02 Å². The number of hydrogen-bond acceptors (Lipinski definition) is 3. The number of nitrogens with one attached hydrogen (secondary N) is 1. The van der Waals surface area contributed by atoms with Crippen molar-refractivity contribution in [2.24, 2.45) is 0 Å². The molecule has 2 aromatic carbocycles. The number of rotatable bonds is 5. The maximum atomic E-state index is 12.7. The van der Waals surface area contributed by atoms with Crippen LogP contribution < -0.4 is 5.32 Å². The topological polar surface area (TPSA) is 38.3 Å². The van der Waals surface area contributed by atoms with Gasteiger partial charge in [-0.25, -0.2) is 0 Å². The van der Waals surface area contributed by atoms with Gasteiger partial charge in [0.15, 0.2) is 6.23 Å². The zero-order valence-electron chi connectivity index (χ0n) is 12.0. The molecule has 122 valence electrons. The molecule has 7 heteroatoms. The van der Waals surface area contributed by atoms with Crippen LogP contribution in [0, 0.1) is 0 Å². The van der Waals surface area contributed by atoms with Gasteiger partial charge < -0.3 is 10.1 Å². The van der Waals surface area contributed by atoms with E-state index in [1.807, 2.05) is 0 Å². The van der Waals surface area contributed by atoms with E-state index in [0.717, 1.165) is 6.07 Å². The van der Waals surface area contributed by atoms with Gasteiger partial charge in [0, 0.05) is 23.4 Å². The van der Waals surface area contributed by atoms with Crippen molar-refractivity contribution in [2.75, 3.05) is 12.4 Å². The number of hydrogen-bond donors (Lipinski definition) is 1. The fraction of sp³-hybridized carbons (Fsp3) is 0.188. The third kappa shape index (κ3) is 4.24. The van der Waals surface area contributed by atoms with E-state index in [0.29, 0.717) is 5.56 Å². The molecule has 2 rings (SSSR count). The van der Waals surface area contributed by atoms with Crippen LogP contribution in [-0.2, 0) is 4.74 Å². The maximum absolute atomic E-state index is 12.7. The molecule has 0 spiro atoms. The van der Waals surface area contributed by atoms with Crippen molar-refractivity contribution in [3.8, 4) is 0 Å². The predicted molar refractivity (Wildman–Crippen MR) is 81.7 cm³/mol. The van der Waals surface area contributed by atoms with Crippen molar-refractivity contribution in [3.63, 3.8) is 0 Å². The highest BCUT2D eigenvalue weighted by Gasteiger charge is 2.40. The van der Waals surface area contributed by atoms with Gasteiger partial charge in [-0.3, -0.25) is 4.79 Å². The molecule has 0 fully saturated rings.